The molecule has 152 valence electrons. The molecule has 2 atom stereocenters. The first-order valence-corrected chi connectivity index (χ1v) is 13.0. The molecule has 3 aliphatic rings. The lowest BCUT2D eigenvalue weighted by Gasteiger charge is -2.25. The van der Waals surface area contributed by atoms with Crippen molar-refractivity contribution in [3.63, 3.8) is 0 Å². The Labute approximate surface area is 179 Å². The van der Waals surface area contributed by atoms with E-state index in [2.05, 4.69) is 4.99 Å². The van der Waals surface area contributed by atoms with Gasteiger partial charge in [-0.25, -0.2) is 8.42 Å². The Bertz CT molecular complexity index is 914. The number of anilines is 1. The molecule has 1 amide bonds. The van der Waals surface area contributed by atoms with E-state index in [0.717, 1.165) is 6.42 Å². The molecule has 0 bridgehead atoms. The number of amidine groups is 1. The summed E-state index contributed by atoms with van der Waals surface area (Å²) in [6.07, 6.45) is 6.21. The number of carbonyl (C=O) groups excluding carboxylic acids is 1. The molecule has 0 unspecified atom stereocenters. The first-order valence-electron chi connectivity index (χ1n) is 9.55. The lowest BCUT2D eigenvalue weighted by atomic mass is 10.0. The van der Waals surface area contributed by atoms with E-state index in [1.54, 1.807) is 18.2 Å². The van der Waals surface area contributed by atoms with Crippen LogP contribution in [0.2, 0.25) is 10.0 Å². The molecular formula is C19H22Cl2N2O3S2. The zero-order valence-corrected chi connectivity index (χ0v) is 18.5. The Hall–Kier alpha value is -0.760. The van der Waals surface area contributed by atoms with Crippen molar-refractivity contribution in [1.29, 1.82) is 0 Å². The molecule has 4 rings (SSSR count). The number of thioether (sulfide) groups is 1. The largest absolute Gasteiger partial charge is 0.314 e. The van der Waals surface area contributed by atoms with Crippen LogP contribution in [0.25, 0.3) is 0 Å². The maximum Gasteiger partial charge on any atom is 0.248 e. The predicted octanol–water partition coefficient (Wildman–Crippen LogP) is 4.57. The van der Waals surface area contributed by atoms with Crippen LogP contribution in [-0.2, 0) is 14.6 Å². The molecule has 1 saturated carbocycles. The molecule has 9 heteroatoms. The van der Waals surface area contributed by atoms with Gasteiger partial charge in [-0.2, -0.15) is 4.99 Å². The average molecular weight is 461 g/mol. The topological polar surface area (TPSA) is 66.8 Å². The minimum atomic E-state index is -3.12. The summed E-state index contributed by atoms with van der Waals surface area (Å²) in [5.74, 6) is 0.596. The maximum absolute atomic E-state index is 12.5. The SMILES string of the molecule is O=C(CCC1CCCC1)N=C1S[C@@H]2CS(=O)(=O)C[C@@H]2N1c1cc(Cl)ccc1Cl. The molecule has 2 aliphatic heterocycles. The van der Waals surface area contributed by atoms with Gasteiger partial charge in [0, 0.05) is 16.7 Å². The van der Waals surface area contributed by atoms with Crippen LogP contribution in [0.5, 0.6) is 0 Å². The number of benzene rings is 1. The highest BCUT2D eigenvalue weighted by Crippen LogP contribution is 2.43. The average Bonchev–Trinajstić information content (AvgIpc) is 3.30. The zero-order valence-electron chi connectivity index (χ0n) is 15.3. The van der Waals surface area contributed by atoms with Crippen LogP contribution < -0.4 is 4.90 Å². The fourth-order valence-electron chi connectivity index (χ4n) is 4.31. The molecular weight excluding hydrogens is 439 g/mol. The standard InChI is InChI=1S/C19H22Cl2N2O3S2/c20-13-6-7-14(21)15(9-13)23-16-10-28(25,26)11-17(16)27-19(23)22-18(24)8-5-12-3-1-2-4-12/h6-7,9,12,16-17H,1-5,8,10-11H2/t16-,17+/m0/s1. The number of hydrogen-bond acceptors (Lipinski definition) is 4. The van der Waals surface area contributed by atoms with Crippen molar-refractivity contribution >= 4 is 61.6 Å². The summed E-state index contributed by atoms with van der Waals surface area (Å²) in [6, 6.07) is 4.78. The van der Waals surface area contributed by atoms with Gasteiger partial charge in [-0.05, 0) is 30.5 Å². The van der Waals surface area contributed by atoms with Gasteiger partial charge in [0.05, 0.1) is 28.3 Å². The van der Waals surface area contributed by atoms with Gasteiger partial charge in [-0.3, -0.25) is 4.79 Å². The van der Waals surface area contributed by atoms with Crippen molar-refractivity contribution in [2.75, 3.05) is 16.4 Å². The first kappa shape index (κ1) is 20.5. The lowest BCUT2D eigenvalue weighted by Crippen LogP contribution is -2.38. The van der Waals surface area contributed by atoms with Gasteiger partial charge >= 0.3 is 0 Å². The van der Waals surface area contributed by atoms with E-state index in [0.29, 0.717) is 33.2 Å². The number of halogens is 2. The van der Waals surface area contributed by atoms with Crippen LogP contribution in [0.3, 0.4) is 0 Å². The molecule has 28 heavy (non-hydrogen) atoms. The van der Waals surface area contributed by atoms with Gasteiger partial charge in [-0.15, -0.1) is 0 Å². The number of sulfone groups is 1. The number of hydrogen-bond donors (Lipinski definition) is 0. The Morgan fingerprint density at radius 2 is 1.96 bits per heavy atom. The molecule has 0 N–H and O–H groups in total. The third kappa shape index (κ3) is 4.37. The van der Waals surface area contributed by atoms with E-state index in [1.807, 2.05) is 4.90 Å². The van der Waals surface area contributed by atoms with Crippen molar-refractivity contribution in [3.8, 4) is 0 Å². The summed E-state index contributed by atoms with van der Waals surface area (Å²) in [5, 5.41) is 1.34. The first-order chi connectivity index (χ1) is 13.3. The Morgan fingerprint density at radius 3 is 2.71 bits per heavy atom. The highest BCUT2D eigenvalue weighted by atomic mass is 35.5. The summed E-state index contributed by atoms with van der Waals surface area (Å²) in [7, 11) is -3.12. The quantitative estimate of drug-likeness (QED) is 0.658. The smallest absolute Gasteiger partial charge is 0.248 e. The van der Waals surface area contributed by atoms with Crippen molar-refractivity contribution < 1.29 is 13.2 Å². The van der Waals surface area contributed by atoms with E-state index in [9.17, 15) is 13.2 Å². The Balaban J connectivity index is 1.60. The van der Waals surface area contributed by atoms with Crippen molar-refractivity contribution in [1.82, 2.24) is 0 Å². The van der Waals surface area contributed by atoms with Crippen LogP contribution >= 0.6 is 35.0 Å². The van der Waals surface area contributed by atoms with Gasteiger partial charge in [0.15, 0.2) is 15.0 Å². The second-order valence-electron chi connectivity index (χ2n) is 7.74. The molecule has 1 aromatic rings. The third-order valence-corrected chi connectivity index (χ3v) is 9.46. The molecule has 1 aliphatic carbocycles. The second kappa shape index (κ2) is 8.17. The number of fused-ring (bicyclic) bond motifs is 1. The van der Waals surface area contributed by atoms with Gasteiger partial charge in [-0.1, -0.05) is 60.6 Å². The minimum Gasteiger partial charge on any atom is -0.314 e. The van der Waals surface area contributed by atoms with Gasteiger partial charge < -0.3 is 4.90 Å². The molecule has 5 nitrogen and oxygen atoms in total. The lowest BCUT2D eigenvalue weighted by molar-refractivity contribution is -0.118. The predicted molar refractivity (Wildman–Crippen MR) is 116 cm³/mol. The summed E-state index contributed by atoms with van der Waals surface area (Å²) >= 11 is 13.9. The van der Waals surface area contributed by atoms with E-state index in [4.69, 9.17) is 23.2 Å². The summed E-state index contributed by atoms with van der Waals surface area (Å²) in [6.45, 7) is 0. The summed E-state index contributed by atoms with van der Waals surface area (Å²) in [4.78, 5) is 18.7. The van der Waals surface area contributed by atoms with Crippen LogP contribution in [0, 0.1) is 5.92 Å². The van der Waals surface area contributed by atoms with Gasteiger partial charge in [0.1, 0.15) is 0 Å². The Morgan fingerprint density at radius 1 is 1.21 bits per heavy atom. The molecule has 2 heterocycles. The van der Waals surface area contributed by atoms with Crippen LogP contribution in [0.15, 0.2) is 23.2 Å². The highest BCUT2D eigenvalue weighted by Gasteiger charge is 2.49. The Kier molecular flexibility index (Phi) is 5.98. The van der Waals surface area contributed by atoms with E-state index >= 15 is 0 Å². The fourth-order valence-corrected chi connectivity index (χ4v) is 8.60. The van der Waals surface area contributed by atoms with Crippen molar-refractivity contribution in [2.24, 2.45) is 10.9 Å². The van der Waals surface area contributed by atoms with Crippen molar-refractivity contribution in [3.05, 3.63) is 28.2 Å². The monoisotopic (exact) mass is 460 g/mol. The number of amides is 1. The third-order valence-electron chi connectivity index (χ3n) is 5.70. The minimum absolute atomic E-state index is 0.0305. The molecule has 3 fully saturated rings. The molecule has 0 aromatic heterocycles. The van der Waals surface area contributed by atoms with E-state index < -0.39 is 9.84 Å². The number of rotatable bonds is 4. The summed E-state index contributed by atoms with van der Waals surface area (Å²) < 4.78 is 24.3. The number of aliphatic imine (C=N–C) groups is 1. The fraction of sp³-hybridized carbons (Fsp3) is 0.579. The van der Waals surface area contributed by atoms with E-state index in [1.165, 1.54) is 37.4 Å². The number of nitrogens with zero attached hydrogens (tertiary/aromatic N) is 2. The highest BCUT2D eigenvalue weighted by molar-refractivity contribution is 8.16. The van der Waals surface area contributed by atoms with Crippen molar-refractivity contribution in [2.45, 2.75) is 49.8 Å². The molecule has 0 spiro atoms. The van der Waals surface area contributed by atoms with Gasteiger partial charge in [0.2, 0.25) is 5.91 Å². The second-order valence-corrected chi connectivity index (χ2v) is 11.9. The van der Waals surface area contributed by atoms with Crippen LogP contribution in [0.1, 0.15) is 38.5 Å². The zero-order chi connectivity index (χ0) is 19.9. The normalized spacial score (nSPS) is 28.2. The number of carbonyl (C=O) groups is 1. The van der Waals surface area contributed by atoms with Gasteiger partial charge in [0.25, 0.3) is 0 Å². The summed E-state index contributed by atoms with van der Waals surface area (Å²) in [5.41, 5.74) is 0.605. The van der Waals surface area contributed by atoms with Crippen LogP contribution in [0.4, 0.5) is 5.69 Å². The molecule has 1 aromatic carbocycles. The van der Waals surface area contributed by atoms with Crippen LogP contribution in [-0.4, -0.2) is 42.3 Å². The maximum atomic E-state index is 12.5. The molecule has 0 radical (unpaired) electrons. The molecule has 2 saturated heterocycles. The van der Waals surface area contributed by atoms with E-state index in [-0.39, 0.29) is 28.7 Å².